The minimum atomic E-state index is 0.261. The molecule has 2 rings (SSSR count). The summed E-state index contributed by atoms with van der Waals surface area (Å²) in [5, 5.41) is 0. The van der Waals surface area contributed by atoms with Gasteiger partial charge in [-0.1, -0.05) is 6.92 Å². The normalized spacial score (nSPS) is 17.9. The maximum absolute atomic E-state index is 5.58. The van der Waals surface area contributed by atoms with Gasteiger partial charge < -0.3 is 5.73 Å². The summed E-state index contributed by atoms with van der Waals surface area (Å²) in [6.45, 7) is 7.04. The molecule has 0 amide bonds. The van der Waals surface area contributed by atoms with Crippen molar-refractivity contribution in [2.75, 3.05) is 6.54 Å². The minimum Gasteiger partial charge on any atom is -0.330 e. The second-order valence-electron chi connectivity index (χ2n) is 4.80. The Labute approximate surface area is 91.1 Å². The summed E-state index contributed by atoms with van der Waals surface area (Å²) in [5.74, 6) is 1.03. The molecule has 1 fully saturated rings. The van der Waals surface area contributed by atoms with E-state index in [2.05, 4.69) is 30.7 Å². The van der Waals surface area contributed by atoms with E-state index >= 15 is 0 Å². The van der Waals surface area contributed by atoms with Crippen LogP contribution in [0.3, 0.4) is 0 Å². The zero-order valence-corrected chi connectivity index (χ0v) is 9.80. The molecule has 0 saturated heterocycles. The molecule has 0 spiro atoms. The number of hydrogen-bond donors (Lipinski definition) is 1. The monoisotopic (exact) mass is 205 g/mol. The summed E-state index contributed by atoms with van der Waals surface area (Å²) in [6, 6.07) is 0. The summed E-state index contributed by atoms with van der Waals surface area (Å²) < 4.78 is 0. The summed E-state index contributed by atoms with van der Waals surface area (Å²) in [7, 11) is 0. The molecule has 2 N–H and O–H groups in total. The molecule has 3 heteroatoms. The van der Waals surface area contributed by atoms with Crippen LogP contribution >= 0.6 is 0 Å². The smallest absolute Gasteiger partial charge is 0.134 e. The molecule has 1 aromatic heterocycles. The number of aryl methyl sites for hydroxylation is 2. The van der Waals surface area contributed by atoms with Crippen LogP contribution in [-0.2, 0) is 11.8 Å². The summed E-state index contributed by atoms with van der Waals surface area (Å²) in [6.07, 6.45) is 3.33. The van der Waals surface area contributed by atoms with Gasteiger partial charge in [0.15, 0.2) is 0 Å². The molecule has 0 aromatic carbocycles. The van der Waals surface area contributed by atoms with Crippen LogP contribution in [0.4, 0.5) is 0 Å². The van der Waals surface area contributed by atoms with Gasteiger partial charge in [-0.2, -0.15) is 0 Å². The number of rotatable bonds is 3. The first-order valence-corrected chi connectivity index (χ1v) is 5.61. The highest BCUT2D eigenvalue weighted by Gasteiger charge is 2.42. The second kappa shape index (κ2) is 3.56. The van der Waals surface area contributed by atoms with Gasteiger partial charge in [0.25, 0.3) is 0 Å². The second-order valence-corrected chi connectivity index (χ2v) is 4.80. The molecule has 1 aromatic rings. The summed E-state index contributed by atoms with van der Waals surface area (Å²) in [4.78, 5) is 9.24. The van der Waals surface area contributed by atoms with Gasteiger partial charge >= 0.3 is 0 Å². The van der Waals surface area contributed by atoms with Crippen LogP contribution in [0.1, 0.15) is 42.5 Å². The number of nitrogens with two attached hydrogens (primary N) is 1. The van der Waals surface area contributed by atoms with Crippen molar-refractivity contribution in [3.05, 3.63) is 22.8 Å². The Morgan fingerprint density at radius 3 is 2.13 bits per heavy atom. The molecule has 1 aliphatic rings. The molecular weight excluding hydrogens is 186 g/mol. The van der Waals surface area contributed by atoms with E-state index < -0.39 is 0 Å². The van der Waals surface area contributed by atoms with E-state index in [1.165, 1.54) is 18.4 Å². The average Bonchev–Trinajstić information content (AvgIpc) is 2.91. The zero-order chi connectivity index (χ0) is 11.1. The third-order valence-electron chi connectivity index (χ3n) is 3.35. The molecule has 1 saturated carbocycles. The lowest BCUT2D eigenvalue weighted by Crippen LogP contribution is -2.14. The van der Waals surface area contributed by atoms with Crippen molar-refractivity contribution in [1.29, 1.82) is 0 Å². The Morgan fingerprint density at radius 1 is 1.20 bits per heavy atom. The first kappa shape index (κ1) is 10.6. The molecule has 82 valence electrons. The van der Waals surface area contributed by atoms with Crippen LogP contribution in [0, 0.1) is 13.8 Å². The molecule has 0 unspecified atom stereocenters. The van der Waals surface area contributed by atoms with Gasteiger partial charge in [0.1, 0.15) is 5.82 Å². The van der Waals surface area contributed by atoms with E-state index in [1.54, 1.807) is 0 Å². The SMILES string of the molecule is Cc1nc(C2(C)CC2)nc(C)c1CCN. The van der Waals surface area contributed by atoms with E-state index in [9.17, 15) is 0 Å². The fourth-order valence-corrected chi connectivity index (χ4v) is 1.93. The Kier molecular flexibility index (Phi) is 2.51. The Hall–Kier alpha value is -0.960. The lowest BCUT2D eigenvalue weighted by molar-refractivity contribution is 0.689. The van der Waals surface area contributed by atoms with Gasteiger partial charge in [0.2, 0.25) is 0 Å². The van der Waals surface area contributed by atoms with Crippen LogP contribution in [0.15, 0.2) is 0 Å². The highest BCUT2D eigenvalue weighted by molar-refractivity contribution is 5.28. The van der Waals surface area contributed by atoms with E-state index in [0.29, 0.717) is 6.54 Å². The van der Waals surface area contributed by atoms with Gasteiger partial charge in [-0.25, -0.2) is 9.97 Å². The molecule has 15 heavy (non-hydrogen) atoms. The minimum absolute atomic E-state index is 0.261. The molecule has 3 nitrogen and oxygen atoms in total. The highest BCUT2D eigenvalue weighted by atomic mass is 14.9. The van der Waals surface area contributed by atoms with Gasteiger partial charge in [-0.05, 0) is 45.2 Å². The lowest BCUT2D eigenvalue weighted by atomic mass is 10.1. The Balaban J connectivity index is 2.38. The Bertz CT molecular complexity index is 357. The van der Waals surface area contributed by atoms with Crippen molar-refractivity contribution in [1.82, 2.24) is 9.97 Å². The first-order valence-electron chi connectivity index (χ1n) is 5.61. The zero-order valence-electron chi connectivity index (χ0n) is 9.80. The topological polar surface area (TPSA) is 51.8 Å². The highest BCUT2D eigenvalue weighted by Crippen LogP contribution is 2.46. The quantitative estimate of drug-likeness (QED) is 0.816. The predicted molar refractivity (Wildman–Crippen MR) is 60.9 cm³/mol. The molecule has 0 atom stereocenters. The van der Waals surface area contributed by atoms with Crippen LogP contribution in [0.2, 0.25) is 0 Å². The van der Waals surface area contributed by atoms with Gasteiger partial charge in [-0.3, -0.25) is 0 Å². The molecule has 0 bridgehead atoms. The summed E-state index contributed by atoms with van der Waals surface area (Å²) in [5.41, 5.74) is 9.28. The molecule has 1 heterocycles. The Morgan fingerprint density at radius 2 is 1.73 bits per heavy atom. The largest absolute Gasteiger partial charge is 0.330 e. The maximum Gasteiger partial charge on any atom is 0.134 e. The first-order chi connectivity index (χ1) is 7.07. The third kappa shape index (κ3) is 1.88. The predicted octanol–water partition coefficient (Wildman–Crippen LogP) is 1.65. The maximum atomic E-state index is 5.58. The van der Waals surface area contributed by atoms with E-state index in [-0.39, 0.29) is 5.41 Å². The molecule has 0 aliphatic heterocycles. The fraction of sp³-hybridized carbons (Fsp3) is 0.667. The van der Waals surface area contributed by atoms with Crippen LogP contribution in [0.25, 0.3) is 0 Å². The van der Waals surface area contributed by atoms with Crippen LogP contribution < -0.4 is 5.73 Å². The van der Waals surface area contributed by atoms with E-state index in [1.807, 2.05) is 0 Å². The molecular formula is C12H19N3. The fourth-order valence-electron chi connectivity index (χ4n) is 1.93. The number of hydrogen-bond acceptors (Lipinski definition) is 3. The van der Waals surface area contributed by atoms with Gasteiger partial charge in [0.05, 0.1) is 0 Å². The van der Waals surface area contributed by atoms with Gasteiger partial charge in [0, 0.05) is 16.8 Å². The van der Waals surface area contributed by atoms with Crippen molar-refractivity contribution in [3.63, 3.8) is 0 Å². The number of aromatic nitrogens is 2. The van der Waals surface area contributed by atoms with E-state index in [4.69, 9.17) is 5.73 Å². The van der Waals surface area contributed by atoms with Crippen molar-refractivity contribution < 1.29 is 0 Å². The lowest BCUT2D eigenvalue weighted by Gasteiger charge is -2.13. The third-order valence-corrected chi connectivity index (χ3v) is 3.35. The molecule has 0 radical (unpaired) electrons. The van der Waals surface area contributed by atoms with Crippen molar-refractivity contribution in [2.24, 2.45) is 5.73 Å². The number of nitrogens with zero attached hydrogens (tertiary/aromatic N) is 2. The van der Waals surface area contributed by atoms with Crippen LogP contribution in [-0.4, -0.2) is 16.5 Å². The van der Waals surface area contributed by atoms with Crippen molar-refractivity contribution in [2.45, 2.75) is 45.4 Å². The summed E-state index contributed by atoms with van der Waals surface area (Å²) >= 11 is 0. The average molecular weight is 205 g/mol. The van der Waals surface area contributed by atoms with Crippen molar-refractivity contribution >= 4 is 0 Å². The van der Waals surface area contributed by atoms with Crippen molar-refractivity contribution in [3.8, 4) is 0 Å². The van der Waals surface area contributed by atoms with E-state index in [0.717, 1.165) is 23.6 Å². The molecule has 1 aliphatic carbocycles. The standard InChI is InChI=1S/C12H19N3/c1-8-10(4-7-13)9(2)15-11(14-8)12(3)5-6-12/h4-7,13H2,1-3H3. The van der Waals surface area contributed by atoms with Gasteiger partial charge in [-0.15, -0.1) is 0 Å². The van der Waals surface area contributed by atoms with Crippen LogP contribution in [0.5, 0.6) is 0 Å².